The van der Waals surface area contributed by atoms with Gasteiger partial charge in [-0.3, -0.25) is 9.59 Å². The third kappa shape index (κ3) is 4.20. The average molecular weight is 339 g/mol. The summed E-state index contributed by atoms with van der Waals surface area (Å²) in [6.07, 6.45) is 0.368. The summed E-state index contributed by atoms with van der Waals surface area (Å²) in [5, 5.41) is 5.82. The van der Waals surface area contributed by atoms with Gasteiger partial charge in [0.1, 0.15) is 6.04 Å². The molecule has 1 unspecified atom stereocenters. The van der Waals surface area contributed by atoms with E-state index in [1.165, 1.54) is 0 Å². The van der Waals surface area contributed by atoms with Crippen LogP contribution >= 0.6 is 11.6 Å². The molecule has 124 valence electrons. The second-order valence-corrected chi connectivity index (χ2v) is 5.83. The van der Waals surface area contributed by atoms with Gasteiger partial charge in [-0.15, -0.1) is 0 Å². The molecule has 1 heterocycles. The van der Waals surface area contributed by atoms with E-state index >= 15 is 0 Å². The third-order valence-corrected chi connectivity index (χ3v) is 3.78. The second kappa shape index (κ2) is 7.43. The Bertz CT molecular complexity index is 605. The number of rotatable bonds is 6. The minimum Gasteiger partial charge on any atom is -0.352 e. The highest BCUT2D eigenvalue weighted by Gasteiger charge is 2.38. The van der Waals surface area contributed by atoms with Gasteiger partial charge in [0.05, 0.1) is 5.69 Å². The Morgan fingerprint density at radius 2 is 2.04 bits per heavy atom. The summed E-state index contributed by atoms with van der Waals surface area (Å²) in [4.78, 5) is 37.1. The van der Waals surface area contributed by atoms with Crippen molar-refractivity contribution < 1.29 is 14.4 Å². The van der Waals surface area contributed by atoms with Crippen LogP contribution in [0.3, 0.4) is 0 Å². The maximum atomic E-state index is 12.4. The summed E-state index contributed by atoms with van der Waals surface area (Å²) in [5.74, 6) is -0.577. The average Bonchev–Trinajstić information content (AvgIpc) is 2.80. The zero-order valence-corrected chi connectivity index (χ0v) is 13.5. The normalized spacial score (nSPS) is 18.7. The van der Waals surface area contributed by atoms with Crippen molar-refractivity contribution in [2.75, 3.05) is 11.4 Å². The summed E-state index contributed by atoms with van der Waals surface area (Å²) in [6.45, 7) is 2.14. The van der Waals surface area contributed by atoms with E-state index in [4.69, 9.17) is 17.3 Å². The molecule has 1 aromatic carbocycles. The van der Waals surface area contributed by atoms with E-state index in [-0.39, 0.29) is 30.7 Å². The molecule has 8 heteroatoms. The fourth-order valence-electron chi connectivity index (χ4n) is 2.24. The molecule has 2 atom stereocenters. The van der Waals surface area contributed by atoms with Gasteiger partial charge in [-0.05, 0) is 37.6 Å². The van der Waals surface area contributed by atoms with Crippen molar-refractivity contribution in [1.29, 1.82) is 0 Å². The Morgan fingerprint density at radius 1 is 1.39 bits per heavy atom. The molecule has 0 bridgehead atoms. The summed E-state index contributed by atoms with van der Waals surface area (Å²) < 4.78 is 0. The van der Waals surface area contributed by atoms with E-state index < -0.39 is 12.1 Å². The van der Waals surface area contributed by atoms with Gasteiger partial charge >= 0.3 is 6.03 Å². The molecular formula is C15H19ClN4O3. The number of nitrogens with zero attached hydrogens (tertiary/aromatic N) is 1. The van der Waals surface area contributed by atoms with Gasteiger partial charge in [0, 0.05) is 24.0 Å². The van der Waals surface area contributed by atoms with Crippen LogP contribution in [0.1, 0.15) is 19.8 Å². The summed E-state index contributed by atoms with van der Waals surface area (Å²) in [5.41, 5.74) is 5.88. The lowest BCUT2D eigenvalue weighted by Crippen LogP contribution is -2.39. The number of anilines is 1. The van der Waals surface area contributed by atoms with Crippen molar-refractivity contribution >= 4 is 35.1 Å². The predicted octanol–water partition coefficient (Wildman–Crippen LogP) is 1.01. The number of hydrogen-bond donors (Lipinski definition) is 3. The predicted molar refractivity (Wildman–Crippen MR) is 87.2 cm³/mol. The minimum absolute atomic E-state index is 0.123. The molecule has 1 aliphatic rings. The van der Waals surface area contributed by atoms with Gasteiger partial charge in [0.15, 0.2) is 0 Å². The largest absolute Gasteiger partial charge is 0.352 e. The number of carbonyl (C=O) groups excluding carboxylic acids is 3. The molecule has 4 amide bonds. The van der Waals surface area contributed by atoms with Crippen LogP contribution in [0, 0.1) is 0 Å². The topological polar surface area (TPSA) is 105 Å². The standard InChI is InChI=1S/C15H19ClN4O3/c1-9(8-17)18-13(21)7-6-12-14(22)20(15(23)19-12)11-4-2-10(16)3-5-11/h2-5,9,12H,6-8,17H2,1H3,(H,18,21)(H,19,23)/t9-,12?/m0/s1. The molecule has 2 rings (SSSR count). The molecule has 0 radical (unpaired) electrons. The van der Waals surface area contributed by atoms with Crippen molar-refractivity contribution in [1.82, 2.24) is 10.6 Å². The third-order valence-electron chi connectivity index (χ3n) is 3.53. The van der Waals surface area contributed by atoms with Gasteiger partial charge in [0.25, 0.3) is 5.91 Å². The molecule has 1 saturated heterocycles. The second-order valence-electron chi connectivity index (χ2n) is 5.40. The Labute approximate surface area is 139 Å². The lowest BCUT2D eigenvalue weighted by Gasteiger charge is -2.14. The van der Waals surface area contributed by atoms with Crippen molar-refractivity contribution in [2.24, 2.45) is 5.73 Å². The molecule has 7 nitrogen and oxygen atoms in total. The zero-order valence-electron chi connectivity index (χ0n) is 12.7. The van der Waals surface area contributed by atoms with E-state index in [0.29, 0.717) is 17.3 Å². The molecule has 23 heavy (non-hydrogen) atoms. The number of hydrogen-bond acceptors (Lipinski definition) is 4. The van der Waals surface area contributed by atoms with E-state index in [1.807, 2.05) is 0 Å². The van der Waals surface area contributed by atoms with Crippen LogP contribution < -0.4 is 21.3 Å². The molecule has 0 saturated carbocycles. The minimum atomic E-state index is -0.711. The Kier molecular flexibility index (Phi) is 5.57. The van der Waals surface area contributed by atoms with E-state index in [1.54, 1.807) is 31.2 Å². The summed E-state index contributed by atoms with van der Waals surface area (Å²) >= 11 is 5.80. The van der Waals surface area contributed by atoms with Gasteiger partial charge < -0.3 is 16.4 Å². The quantitative estimate of drug-likeness (QED) is 0.673. The Balaban J connectivity index is 1.96. The lowest BCUT2D eigenvalue weighted by molar-refractivity contribution is -0.122. The molecule has 0 spiro atoms. The van der Waals surface area contributed by atoms with Crippen LogP contribution in [-0.2, 0) is 9.59 Å². The first-order valence-corrected chi connectivity index (χ1v) is 7.69. The van der Waals surface area contributed by atoms with Gasteiger partial charge in [-0.25, -0.2) is 9.69 Å². The Hall–Kier alpha value is -2.12. The number of imide groups is 1. The fraction of sp³-hybridized carbons (Fsp3) is 0.400. The van der Waals surface area contributed by atoms with Gasteiger partial charge in [-0.1, -0.05) is 11.6 Å². The molecule has 4 N–H and O–H groups in total. The van der Waals surface area contributed by atoms with E-state index in [0.717, 1.165) is 4.90 Å². The molecule has 1 aliphatic heterocycles. The zero-order chi connectivity index (χ0) is 17.0. The lowest BCUT2D eigenvalue weighted by atomic mass is 10.1. The summed E-state index contributed by atoms with van der Waals surface area (Å²) in [7, 11) is 0. The van der Waals surface area contributed by atoms with Crippen molar-refractivity contribution in [2.45, 2.75) is 31.8 Å². The molecule has 1 aromatic rings. The number of carbonyl (C=O) groups is 3. The number of halogens is 1. The highest BCUT2D eigenvalue weighted by molar-refractivity contribution is 6.30. The number of urea groups is 1. The first kappa shape index (κ1) is 17.2. The highest BCUT2D eigenvalue weighted by atomic mass is 35.5. The number of amides is 4. The van der Waals surface area contributed by atoms with Crippen LogP contribution in [0.5, 0.6) is 0 Å². The maximum absolute atomic E-state index is 12.4. The van der Waals surface area contributed by atoms with E-state index in [9.17, 15) is 14.4 Å². The van der Waals surface area contributed by atoms with Crippen LogP contribution in [0.15, 0.2) is 24.3 Å². The number of nitrogens with one attached hydrogen (secondary N) is 2. The van der Waals surface area contributed by atoms with Gasteiger partial charge in [-0.2, -0.15) is 0 Å². The summed E-state index contributed by atoms with van der Waals surface area (Å²) in [6, 6.07) is 5.06. The smallest absolute Gasteiger partial charge is 0.329 e. The van der Waals surface area contributed by atoms with Crippen molar-refractivity contribution in [3.05, 3.63) is 29.3 Å². The SMILES string of the molecule is C[C@@H](CN)NC(=O)CCC1NC(=O)N(c2ccc(Cl)cc2)C1=O. The van der Waals surface area contributed by atoms with Crippen molar-refractivity contribution in [3.63, 3.8) is 0 Å². The highest BCUT2D eigenvalue weighted by Crippen LogP contribution is 2.23. The van der Waals surface area contributed by atoms with Crippen molar-refractivity contribution in [3.8, 4) is 0 Å². The molecular weight excluding hydrogens is 320 g/mol. The Morgan fingerprint density at radius 3 is 2.65 bits per heavy atom. The maximum Gasteiger partial charge on any atom is 0.329 e. The number of nitrogens with two attached hydrogens (primary N) is 1. The first-order valence-electron chi connectivity index (χ1n) is 7.32. The van der Waals surface area contributed by atoms with E-state index in [2.05, 4.69) is 10.6 Å². The van der Waals surface area contributed by atoms with Gasteiger partial charge in [0.2, 0.25) is 5.91 Å². The molecule has 0 aliphatic carbocycles. The number of benzene rings is 1. The van der Waals surface area contributed by atoms with Crippen LogP contribution in [0.4, 0.5) is 10.5 Å². The monoisotopic (exact) mass is 338 g/mol. The molecule has 0 aromatic heterocycles. The van der Waals surface area contributed by atoms with Crippen LogP contribution in [0.25, 0.3) is 0 Å². The fourth-order valence-corrected chi connectivity index (χ4v) is 2.37. The molecule has 1 fully saturated rings. The van der Waals surface area contributed by atoms with Crippen LogP contribution in [-0.4, -0.2) is 36.5 Å². The van der Waals surface area contributed by atoms with Crippen LogP contribution in [0.2, 0.25) is 5.02 Å². The first-order chi connectivity index (χ1) is 10.9.